The Kier molecular flexibility index (Phi) is 7.95. The number of anilines is 3. The molecule has 2 N–H and O–H groups in total. The lowest BCUT2D eigenvalue weighted by Crippen LogP contribution is -2.47. The molecular formula is C25H20F5N5O3S. The molecule has 39 heavy (non-hydrogen) atoms. The lowest BCUT2D eigenvalue weighted by Gasteiger charge is -2.37. The zero-order valence-corrected chi connectivity index (χ0v) is 21.1. The van der Waals surface area contributed by atoms with Gasteiger partial charge in [-0.05, 0) is 49.5 Å². The third-order valence-corrected chi connectivity index (χ3v) is 6.45. The lowest BCUT2D eigenvalue weighted by atomic mass is 10.1. The normalized spacial score (nSPS) is 13.3. The van der Waals surface area contributed by atoms with E-state index in [1.807, 2.05) is 4.90 Å². The molecule has 0 saturated carbocycles. The van der Waals surface area contributed by atoms with Crippen LogP contribution in [0.1, 0.15) is 15.9 Å². The quantitative estimate of drug-likeness (QED) is 0.112. The summed E-state index contributed by atoms with van der Waals surface area (Å²) in [5.41, 5.74) is 0.437. The van der Waals surface area contributed by atoms with Gasteiger partial charge in [0.05, 0.1) is 4.92 Å². The van der Waals surface area contributed by atoms with Crippen LogP contribution in [0, 0.1) is 46.1 Å². The molecule has 1 saturated heterocycles. The summed E-state index contributed by atoms with van der Waals surface area (Å²) in [5, 5.41) is 16.4. The maximum atomic E-state index is 14.2. The summed E-state index contributed by atoms with van der Waals surface area (Å²) in [5.74, 6) is -10.5. The molecule has 8 nitrogen and oxygen atoms in total. The minimum absolute atomic E-state index is 0.0194. The van der Waals surface area contributed by atoms with E-state index in [0.29, 0.717) is 5.69 Å². The van der Waals surface area contributed by atoms with Gasteiger partial charge in [0.1, 0.15) is 5.69 Å². The van der Waals surface area contributed by atoms with E-state index in [-0.39, 0.29) is 48.1 Å². The third kappa shape index (κ3) is 5.60. The molecule has 3 aromatic carbocycles. The van der Waals surface area contributed by atoms with Crippen LogP contribution < -0.4 is 20.4 Å². The number of rotatable bonds is 5. The molecule has 1 aliphatic heterocycles. The van der Waals surface area contributed by atoms with Gasteiger partial charge in [0.2, 0.25) is 5.82 Å². The number of amides is 1. The molecule has 0 bridgehead atoms. The van der Waals surface area contributed by atoms with Gasteiger partial charge in [0, 0.05) is 54.7 Å². The number of halogens is 5. The lowest BCUT2D eigenvalue weighted by molar-refractivity contribution is -0.385. The Morgan fingerprint density at radius 1 is 0.872 bits per heavy atom. The molecular weight excluding hydrogens is 545 g/mol. The van der Waals surface area contributed by atoms with Crippen LogP contribution in [0.4, 0.5) is 44.7 Å². The van der Waals surface area contributed by atoms with Crippen molar-refractivity contribution < 1.29 is 31.7 Å². The molecule has 14 heteroatoms. The first-order chi connectivity index (χ1) is 18.5. The first kappa shape index (κ1) is 27.7. The molecule has 1 aliphatic rings. The molecule has 0 aromatic heterocycles. The molecule has 1 fully saturated rings. The molecule has 1 amide bonds. The minimum atomic E-state index is -2.20. The van der Waals surface area contributed by atoms with Crippen molar-refractivity contribution in [2.24, 2.45) is 0 Å². The predicted molar refractivity (Wildman–Crippen MR) is 139 cm³/mol. The number of piperazine rings is 1. The van der Waals surface area contributed by atoms with Gasteiger partial charge in [-0.25, -0.2) is 22.0 Å². The fourth-order valence-corrected chi connectivity index (χ4v) is 4.43. The third-order valence-electron chi connectivity index (χ3n) is 6.25. The number of carbonyl (C=O) groups excluding carboxylic acids is 1. The van der Waals surface area contributed by atoms with Crippen molar-refractivity contribution in [3.8, 4) is 0 Å². The van der Waals surface area contributed by atoms with Crippen LogP contribution in [0.15, 0.2) is 42.5 Å². The second kappa shape index (κ2) is 11.2. The average Bonchev–Trinajstić information content (AvgIpc) is 2.91. The van der Waals surface area contributed by atoms with Gasteiger partial charge in [-0.15, -0.1) is 0 Å². The van der Waals surface area contributed by atoms with E-state index in [1.54, 1.807) is 24.3 Å². The van der Waals surface area contributed by atoms with E-state index in [9.17, 15) is 36.9 Å². The van der Waals surface area contributed by atoms with Crippen LogP contribution in [0.25, 0.3) is 0 Å². The second-order valence-corrected chi connectivity index (χ2v) is 8.96. The predicted octanol–water partition coefficient (Wildman–Crippen LogP) is 5.05. The van der Waals surface area contributed by atoms with Gasteiger partial charge in [0.25, 0.3) is 11.6 Å². The molecule has 0 spiro atoms. The average molecular weight is 566 g/mol. The molecule has 4 rings (SSSR count). The summed E-state index contributed by atoms with van der Waals surface area (Å²) in [6.45, 7) is 2.01. The Morgan fingerprint density at radius 3 is 1.97 bits per heavy atom. The standard InChI is InChI=1S/C25H20F5N5O3S/c1-13-16(3-2-4-17(13)35(37)38)24(36)32-25(39)31-14-5-7-15(8-6-14)33-9-11-34(12-10-33)23-21(29)19(27)18(26)20(28)22(23)30/h2-8H,9-12H2,1H3,(H2,31,32,36,39). The highest BCUT2D eigenvalue weighted by Crippen LogP contribution is 2.31. The Bertz CT molecular complexity index is 1430. The summed E-state index contributed by atoms with van der Waals surface area (Å²) >= 11 is 5.17. The van der Waals surface area contributed by atoms with E-state index < -0.39 is 45.6 Å². The van der Waals surface area contributed by atoms with Crippen LogP contribution in [0.5, 0.6) is 0 Å². The Balaban J connectivity index is 1.36. The number of hydrogen-bond donors (Lipinski definition) is 2. The summed E-state index contributed by atoms with van der Waals surface area (Å²) in [6.07, 6.45) is 0. The van der Waals surface area contributed by atoms with E-state index in [0.717, 1.165) is 10.6 Å². The van der Waals surface area contributed by atoms with Crippen LogP contribution in [0.2, 0.25) is 0 Å². The summed E-state index contributed by atoms with van der Waals surface area (Å²) < 4.78 is 68.8. The maximum Gasteiger partial charge on any atom is 0.273 e. The second-order valence-electron chi connectivity index (χ2n) is 8.55. The largest absolute Gasteiger partial charge is 0.368 e. The van der Waals surface area contributed by atoms with Crippen molar-refractivity contribution in [3.63, 3.8) is 0 Å². The molecule has 0 unspecified atom stereocenters. The van der Waals surface area contributed by atoms with E-state index in [4.69, 9.17) is 12.2 Å². The van der Waals surface area contributed by atoms with Crippen molar-refractivity contribution in [2.75, 3.05) is 41.3 Å². The van der Waals surface area contributed by atoms with Crippen molar-refractivity contribution in [3.05, 3.63) is 92.8 Å². The fourth-order valence-electron chi connectivity index (χ4n) is 4.21. The number of nitrogens with zero attached hydrogens (tertiary/aromatic N) is 3. The van der Waals surface area contributed by atoms with Crippen molar-refractivity contribution in [1.82, 2.24) is 5.32 Å². The number of benzene rings is 3. The number of carbonyl (C=O) groups is 1. The van der Waals surface area contributed by atoms with Gasteiger partial charge in [0.15, 0.2) is 28.4 Å². The number of nitro benzene ring substituents is 1. The smallest absolute Gasteiger partial charge is 0.273 e. The topological polar surface area (TPSA) is 90.8 Å². The Labute approximate surface area is 224 Å². The fraction of sp³-hybridized carbons (Fsp3) is 0.200. The molecule has 0 atom stereocenters. The van der Waals surface area contributed by atoms with E-state index >= 15 is 0 Å². The number of nitrogens with one attached hydrogen (secondary N) is 2. The van der Waals surface area contributed by atoms with Gasteiger partial charge in [-0.3, -0.25) is 20.2 Å². The van der Waals surface area contributed by atoms with Crippen LogP contribution in [-0.4, -0.2) is 42.1 Å². The monoisotopic (exact) mass is 565 g/mol. The summed E-state index contributed by atoms with van der Waals surface area (Å²) in [4.78, 5) is 26.1. The van der Waals surface area contributed by atoms with Gasteiger partial charge in [-0.1, -0.05) is 6.07 Å². The zero-order chi connectivity index (χ0) is 28.4. The number of nitro groups is 1. The number of hydrogen-bond acceptors (Lipinski definition) is 6. The molecule has 3 aromatic rings. The number of thiocarbonyl (C=S) groups is 1. The zero-order valence-electron chi connectivity index (χ0n) is 20.2. The van der Waals surface area contributed by atoms with Gasteiger partial charge in [-0.2, -0.15) is 0 Å². The minimum Gasteiger partial charge on any atom is -0.368 e. The van der Waals surface area contributed by atoms with Crippen LogP contribution in [0.3, 0.4) is 0 Å². The first-order valence-electron chi connectivity index (χ1n) is 11.5. The Morgan fingerprint density at radius 2 is 1.41 bits per heavy atom. The van der Waals surface area contributed by atoms with Crippen LogP contribution >= 0.6 is 12.2 Å². The van der Waals surface area contributed by atoms with Gasteiger partial charge < -0.3 is 15.1 Å². The van der Waals surface area contributed by atoms with Crippen LogP contribution in [-0.2, 0) is 0 Å². The van der Waals surface area contributed by atoms with Crippen molar-refractivity contribution in [2.45, 2.75) is 6.92 Å². The molecule has 0 aliphatic carbocycles. The van der Waals surface area contributed by atoms with E-state index in [2.05, 4.69) is 10.6 Å². The van der Waals surface area contributed by atoms with Crippen molar-refractivity contribution in [1.29, 1.82) is 0 Å². The first-order valence-corrected chi connectivity index (χ1v) is 11.9. The molecule has 204 valence electrons. The highest BCUT2D eigenvalue weighted by molar-refractivity contribution is 7.80. The molecule has 0 radical (unpaired) electrons. The highest BCUT2D eigenvalue weighted by atomic mass is 32.1. The van der Waals surface area contributed by atoms with Crippen molar-refractivity contribution >= 4 is 46.0 Å². The maximum absolute atomic E-state index is 14.2. The highest BCUT2D eigenvalue weighted by Gasteiger charge is 2.30. The summed E-state index contributed by atoms with van der Waals surface area (Å²) in [7, 11) is 0. The van der Waals surface area contributed by atoms with E-state index in [1.165, 1.54) is 25.1 Å². The Hall–Kier alpha value is -4.33. The molecule has 1 heterocycles. The SMILES string of the molecule is Cc1c(C(=O)NC(=S)Nc2ccc(N3CCN(c4c(F)c(F)c(F)c(F)c4F)CC3)cc2)cccc1[N+](=O)[O-]. The van der Waals surface area contributed by atoms with Gasteiger partial charge >= 0.3 is 0 Å². The summed E-state index contributed by atoms with van der Waals surface area (Å²) in [6, 6.07) is 10.9.